The monoisotopic (exact) mass is 378 g/mol. The molecule has 1 fully saturated rings. The fraction of sp³-hybridized carbons (Fsp3) is 0.467. The van der Waals surface area contributed by atoms with Crippen LogP contribution in [0, 0.1) is 5.92 Å². The number of amidine groups is 1. The van der Waals surface area contributed by atoms with E-state index in [0.717, 1.165) is 17.2 Å². The van der Waals surface area contributed by atoms with E-state index < -0.39 is 5.54 Å². The van der Waals surface area contributed by atoms with Crippen LogP contribution in [0.15, 0.2) is 22.6 Å². The topological polar surface area (TPSA) is 118 Å². The van der Waals surface area contributed by atoms with Crippen molar-refractivity contribution in [3.05, 3.63) is 28.3 Å². The second-order valence-corrected chi connectivity index (χ2v) is 8.09. The van der Waals surface area contributed by atoms with Crippen molar-refractivity contribution in [2.75, 3.05) is 17.7 Å². The number of ether oxygens (including phenoxy) is 1. The molecule has 132 valence electrons. The van der Waals surface area contributed by atoms with Crippen molar-refractivity contribution in [2.24, 2.45) is 16.6 Å². The molecule has 0 aliphatic carbocycles. The average molecular weight is 378 g/mol. The van der Waals surface area contributed by atoms with E-state index in [0.29, 0.717) is 29.2 Å². The fourth-order valence-corrected chi connectivity index (χ4v) is 5.15. The second kappa shape index (κ2) is 6.43. The minimum Gasteiger partial charge on any atom is -0.379 e. The number of aromatic nitrogens is 3. The molecule has 10 heteroatoms. The Labute approximate surface area is 152 Å². The zero-order valence-electron chi connectivity index (χ0n) is 13.6. The van der Waals surface area contributed by atoms with Gasteiger partial charge in [-0.3, -0.25) is 9.89 Å². The van der Waals surface area contributed by atoms with Crippen LogP contribution in [0.5, 0.6) is 0 Å². The van der Waals surface area contributed by atoms with E-state index in [1.165, 1.54) is 11.3 Å². The highest BCUT2D eigenvalue weighted by molar-refractivity contribution is 8.13. The van der Waals surface area contributed by atoms with Crippen molar-refractivity contribution in [3.63, 3.8) is 0 Å². The van der Waals surface area contributed by atoms with E-state index in [-0.39, 0.29) is 12.0 Å². The van der Waals surface area contributed by atoms with Crippen LogP contribution >= 0.6 is 23.1 Å². The molecule has 1 saturated heterocycles. The largest absolute Gasteiger partial charge is 0.379 e. The third-order valence-electron chi connectivity index (χ3n) is 4.47. The molecule has 3 atom stereocenters. The van der Waals surface area contributed by atoms with Crippen molar-refractivity contribution in [2.45, 2.75) is 25.0 Å². The SMILES string of the molecule is C[C@H]1C[C@H]2CSC(N)=N[C@@]2(c2nc(NC(=O)c3cc[nH]n3)cs2)CO1. The summed E-state index contributed by atoms with van der Waals surface area (Å²) in [7, 11) is 0. The smallest absolute Gasteiger partial charge is 0.277 e. The normalized spacial score (nSPS) is 28.9. The number of nitrogens with zero attached hydrogens (tertiary/aromatic N) is 3. The van der Waals surface area contributed by atoms with Gasteiger partial charge in [-0.05, 0) is 19.4 Å². The summed E-state index contributed by atoms with van der Waals surface area (Å²) < 4.78 is 5.90. The van der Waals surface area contributed by atoms with Crippen LogP contribution in [0.1, 0.15) is 28.8 Å². The number of hydrogen-bond acceptors (Lipinski definition) is 8. The lowest BCUT2D eigenvalue weighted by Crippen LogP contribution is -2.49. The third-order valence-corrected chi connectivity index (χ3v) is 6.44. The van der Waals surface area contributed by atoms with Crippen molar-refractivity contribution in [3.8, 4) is 0 Å². The van der Waals surface area contributed by atoms with E-state index in [9.17, 15) is 4.79 Å². The number of amides is 1. The summed E-state index contributed by atoms with van der Waals surface area (Å²) in [4.78, 5) is 21.5. The summed E-state index contributed by atoms with van der Waals surface area (Å²) in [6.45, 7) is 2.54. The third kappa shape index (κ3) is 3.05. The molecule has 1 amide bonds. The van der Waals surface area contributed by atoms with Gasteiger partial charge in [-0.15, -0.1) is 11.3 Å². The highest BCUT2D eigenvalue weighted by Gasteiger charge is 2.49. The maximum absolute atomic E-state index is 12.1. The first-order valence-corrected chi connectivity index (χ1v) is 9.80. The summed E-state index contributed by atoms with van der Waals surface area (Å²) in [5.74, 6) is 1.40. The Balaban J connectivity index is 1.61. The van der Waals surface area contributed by atoms with Gasteiger partial charge in [0.05, 0.1) is 12.7 Å². The van der Waals surface area contributed by atoms with Crippen LogP contribution in [0.2, 0.25) is 0 Å². The van der Waals surface area contributed by atoms with Gasteiger partial charge >= 0.3 is 0 Å². The second-order valence-electron chi connectivity index (χ2n) is 6.19. The fourth-order valence-electron chi connectivity index (χ4n) is 3.18. The Morgan fingerprint density at radius 1 is 1.56 bits per heavy atom. The first-order chi connectivity index (χ1) is 12.1. The van der Waals surface area contributed by atoms with Gasteiger partial charge in [0.15, 0.2) is 5.17 Å². The summed E-state index contributed by atoms with van der Waals surface area (Å²) in [6.07, 6.45) is 2.72. The number of fused-ring (bicyclic) bond motifs is 1. The number of anilines is 1. The minimum absolute atomic E-state index is 0.201. The van der Waals surface area contributed by atoms with E-state index in [1.807, 2.05) is 5.38 Å². The van der Waals surface area contributed by atoms with Gasteiger partial charge in [0, 0.05) is 23.2 Å². The quantitative estimate of drug-likeness (QED) is 0.749. The van der Waals surface area contributed by atoms with E-state index in [4.69, 9.17) is 15.5 Å². The van der Waals surface area contributed by atoms with Gasteiger partial charge in [0.1, 0.15) is 22.1 Å². The van der Waals surface area contributed by atoms with Gasteiger partial charge in [-0.1, -0.05) is 11.8 Å². The number of nitrogens with one attached hydrogen (secondary N) is 2. The van der Waals surface area contributed by atoms with Crippen LogP contribution in [0.3, 0.4) is 0 Å². The molecule has 2 aromatic heterocycles. The van der Waals surface area contributed by atoms with Crippen LogP contribution in [0.4, 0.5) is 5.82 Å². The molecule has 4 N–H and O–H groups in total. The lowest BCUT2D eigenvalue weighted by Gasteiger charge is -2.44. The molecule has 0 bridgehead atoms. The number of H-pyrrole nitrogens is 1. The summed E-state index contributed by atoms with van der Waals surface area (Å²) in [5, 5.41) is 12.5. The molecule has 8 nitrogen and oxygen atoms in total. The van der Waals surface area contributed by atoms with E-state index in [1.54, 1.807) is 24.0 Å². The van der Waals surface area contributed by atoms with E-state index >= 15 is 0 Å². The van der Waals surface area contributed by atoms with Gasteiger partial charge in [0.25, 0.3) is 5.91 Å². The van der Waals surface area contributed by atoms with Crippen molar-refractivity contribution >= 4 is 40.0 Å². The number of aromatic amines is 1. The lowest BCUT2D eigenvalue weighted by molar-refractivity contribution is -0.0466. The minimum atomic E-state index is -0.554. The van der Waals surface area contributed by atoms with Crippen molar-refractivity contribution < 1.29 is 9.53 Å². The first-order valence-electron chi connectivity index (χ1n) is 7.94. The van der Waals surface area contributed by atoms with Crippen LogP contribution in [-0.2, 0) is 10.3 Å². The predicted molar refractivity (Wildman–Crippen MR) is 97.9 cm³/mol. The van der Waals surface area contributed by atoms with Crippen LogP contribution in [-0.4, -0.2) is 44.7 Å². The molecule has 0 radical (unpaired) electrons. The van der Waals surface area contributed by atoms with Gasteiger partial charge < -0.3 is 15.8 Å². The Kier molecular flexibility index (Phi) is 4.26. The molecule has 4 heterocycles. The maximum atomic E-state index is 12.1. The number of thioether (sulfide) groups is 1. The van der Waals surface area contributed by atoms with Crippen LogP contribution < -0.4 is 11.1 Å². The van der Waals surface area contributed by atoms with Crippen LogP contribution in [0.25, 0.3) is 0 Å². The number of hydrogen-bond donors (Lipinski definition) is 3. The Morgan fingerprint density at radius 2 is 2.44 bits per heavy atom. The molecular weight excluding hydrogens is 360 g/mol. The number of carbonyl (C=O) groups is 1. The highest BCUT2D eigenvalue weighted by atomic mass is 32.2. The molecule has 0 aromatic carbocycles. The number of carbonyl (C=O) groups excluding carboxylic acids is 1. The Morgan fingerprint density at radius 3 is 3.24 bits per heavy atom. The molecule has 0 unspecified atom stereocenters. The summed E-state index contributed by atoms with van der Waals surface area (Å²) >= 11 is 3.05. The molecule has 4 rings (SSSR count). The number of aliphatic imine (C=N–C) groups is 1. The van der Waals surface area contributed by atoms with Gasteiger partial charge in [0.2, 0.25) is 0 Å². The lowest BCUT2D eigenvalue weighted by atomic mass is 9.80. The van der Waals surface area contributed by atoms with Gasteiger partial charge in [-0.2, -0.15) is 5.10 Å². The molecular formula is C15H18N6O2S2. The van der Waals surface area contributed by atoms with Crippen molar-refractivity contribution in [1.82, 2.24) is 15.2 Å². The molecule has 2 aliphatic heterocycles. The van der Waals surface area contributed by atoms with Crippen molar-refractivity contribution in [1.29, 1.82) is 0 Å². The average Bonchev–Trinajstić information content (AvgIpc) is 3.27. The van der Waals surface area contributed by atoms with E-state index in [2.05, 4.69) is 27.4 Å². The number of nitrogens with two attached hydrogens (primary N) is 1. The molecule has 2 aromatic rings. The zero-order valence-corrected chi connectivity index (χ0v) is 15.2. The highest BCUT2D eigenvalue weighted by Crippen LogP contribution is 2.46. The number of rotatable bonds is 3. The summed E-state index contributed by atoms with van der Waals surface area (Å²) in [5.41, 5.74) is 5.77. The number of thiazole rings is 1. The molecule has 0 spiro atoms. The standard InChI is InChI=1S/C15H18N6O2S2/c1-8-4-9-5-25-14(16)20-15(9,7-23-8)13-19-11(6-24-13)18-12(22)10-2-3-17-21-10/h2-3,6,8-9H,4-5,7H2,1H3,(H2,16,20)(H,17,21)(H,18,22)/t8-,9-,15-/m0/s1. The Bertz CT molecular complexity index is 805. The first kappa shape index (κ1) is 16.6. The summed E-state index contributed by atoms with van der Waals surface area (Å²) in [6, 6.07) is 1.61. The molecule has 25 heavy (non-hydrogen) atoms. The zero-order chi connectivity index (χ0) is 17.4. The maximum Gasteiger partial charge on any atom is 0.277 e. The molecule has 2 aliphatic rings. The van der Waals surface area contributed by atoms with Gasteiger partial charge in [-0.25, -0.2) is 9.98 Å². The Hall–Kier alpha value is -1.91. The molecule has 0 saturated carbocycles. The predicted octanol–water partition coefficient (Wildman–Crippen LogP) is 1.80.